The maximum Gasteiger partial charge on any atom is 0.299 e. The average molecular weight is 461 g/mol. The van der Waals surface area contributed by atoms with Crippen LogP contribution in [-0.4, -0.2) is 22.2 Å². The Kier molecular flexibility index (Phi) is 6.71. The molecule has 0 aliphatic rings. The van der Waals surface area contributed by atoms with E-state index in [1.54, 1.807) is 60.7 Å². The fourth-order valence-electron chi connectivity index (χ4n) is 3.15. The highest BCUT2D eigenvalue weighted by atomic mass is 35.5. The number of carbonyl (C=O) groups excluding carboxylic acids is 1. The molecule has 0 radical (unpaired) electrons. The van der Waals surface area contributed by atoms with Gasteiger partial charge >= 0.3 is 0 Å². The molecule has 0 saturated carbocycles. The van der Waals surface area contributed by atoms with Crippen LogP contribution in [0.15, 0.2) is 89.9 Å². The number of hydrogen-bond acceptors (Lipinski definition) is 5. The lowest BCUT2D eigenvalue weighted by atomic mass is 10.2. The molecule has 4 rings (SSSR count). The SMILES string of the molecule is CCNC(=O)c1ccc(Nc2c(Oc3ccccc3)cnn(-c3ccccc3Cl)c2=O)cc1. The van der Waals surface area contributed by atoms with Gasteiger partial charge in [0.05, 0.1) is 16.9 Å². The van der Waals surface area contributed by atoms with Gasteiger partial charge in [-0.25, -0.2) is 0 Å². The summed E-state index contributed by atoms with van der Waals surface area (Å²) in [6, 6.07) is 22.8. The van der Waals surface area contributed by atoms with E-state index in [0.29, 0.717) is 34.3 Å². The van der Waals surface area contributed by atoms with E-state index in [0.717, 1.165) is 0 Å². The van der Waals surface area contributed by atoms with E-state index in [1.807, 2.05) is 25.1 Å². The third-order valence-electron chi connectivity index (χ3n) is 4.75. The van der Waals surface area contributed by atoms with E-state index >= 15 is 0 Å². The van der Waals surface area contributed by atoms with Crippen LogP contribution in [0.4, 0.5) is 11.4 Å². The first kappa shape index (κ1) is 22.1. The van der Waals surface area contributed by atoms with Crippen molar-refractivity contribution in [1.29, 1.82) is 0 Å². The third-order valence-corrected chi connectivity index (χ3v) is 5.07. The van der Waals surface area contributed by atoms with Gasteiger partial charge in [0, 0.05) is 17.8 Å². The molecular formula is C25H21ClN4O3. The quantitative estimate of drug-likeness (QED) is 0.397. The standard InChI is InChI=1S/C25H21ClN4O3/c1-2-27-24(31)17-12-14-18(15-13-17)29-23-22(33-19-8-4-3-5-9-19)16-28-30(25(23)32)21-11-7-6-10-20(21)26/h3-16,29H,2H2,1H3,(H,27,31). The van der Waals surface area contributed by atoms with E-state index in [2.05, 4.69) is 15.7 Å². The van der Waals surface area contributed by atoms with Crippen molar-refractivity contribution in [2.75, 3.05) is 11.9 Å². The summed E-state index contributed by atoms with van der Waals surface area (Å²) >= 11 is 6.30. The summed E-state index contributed by atoms with van der Waals surface area (Å²) in [6.07, 6.45) is 1.46. The second kappa shape index (κ2) is 10.0. The molecule has 1 heterocycles. The number of nitrogens with zero attached hydrogens (tertiary/aromatic N) is 2. The Hall–Kier alpha value is -4.10. The van der Waals surface area contributed by atoms with Crippen molar-refractivity contribution < 1.29 is 9.53 Å². The number of ether oxygens (including phenoxy) is 1. The second-order valence-corrected chi connectivity index (χ2v) is 7.44. The second-order valence-electron chi connectivity index (χ2n) is 7.03. The molecule has 0 bridgehead atoms. The Balaban J connectivity index is 1.74. The van der Waals surface area contributed by atoms with Gasteiger partial charge in [0.25, 0.3) is 11.5 Å². The predicted octanol–water partition coefficient (Wildman–Crippen LogP) is 5.17. The minimum absolute atomic E-state index is 0.165. The molecule has 1 amide bonds. The number of para-hydroxylation sites is 2. The van der Waals surface area contributed by atoms with Crippen molar-refractivity contribution >= 4 is 28.9 Å². The summed E-state index contributed by atoms with van der Waals surface area (Å²) in [6.45, 7) is 2.40. The smallest absolute Gasteiger partial charge is 0.299 e. The van der Waals surface area contributed by atoms with E-state index in [-0.39, 0.29) is 17.3 Å². The van der Waals surface area contributed by atoms with Gasteiger partial charge in [-0.2, -0.15) is 9.78 Å². The number of anilines is 2. The molecule has 2 N–H and O–H groups in total. The molecule has 0 unspecified atom stereocenters. The molecule has 0 atom stereocenters. The zero-order valence-electron chi connectivity index (χ0n) is 17.8. The monoisotopic (exact) mass is 460 g/mol. The van der Waals surface area contributed by atoms with Crippen molar-refractivity contribution in [3.05, 3.63) is 106 Å². The van der Waals surface area contributed by atoms with Crippen LogP contribution in [0, 0.1) is 0 Å². The number of hydrogen-bond donors (Lipinski definition) is 2. The fourth-order valence-corrected chi connectivity index (χ4v) is 3.37. The summed E-state index contributed by atoms with van der Waals surface area (Å²) < 4.78 is 7.16. The highest BCUT2D eigenvalue weighted by Gasteiger charge is 2.17. The Labute approximate surface area is 195 Å². The molecule has 166 valence electrons. The van der Waals surface area contributed by atoms with Gasteiger partial charge in [0.1, 0.15) is 5.75 Å². The summed E-state index contributed by atoms with van der Waals surface area (Å²) in [5, 5.41) is 10.5. The molecule has 4 aromatic rings. The van der Waals surface area contributed by atoms with Gasteiger partial charge in [0.2, 0.25) is 0 Å². The first-order valence-corrected chi connectivity index (χ1v) is 10.7. The molecule has 1 aromatic heterocycles. The Bertz CT molecular complexity index is 1320. The van der Waals surface area contributed by atoms with Gasteiger partial charge in [0.15, 0.2) is 11.4 Å². The van der Waals surface area contributed by atoms with Crippen molar-refractivity contribution in [3.8, 4) is 17.2 Å². The number of aromatic nitrogens is 2. The lowest BCUT2D eigenvalue weighted by Crippen LogP contribution is -2.24. The summed E-state index contributed by atoms with van der Waals surface area (Å²) in [4.78, 5) is 25.5. The molecular weight excluding hydrogens is 440 g/mol. The third kappa shape index (κ3) is 5.05. The first-order chi connectivity index (χ1) is 16.1. The Morgan fingerprint density at radius 3 is 2.39 bits per heavy atom. The van der Waals surface area contributed by atoms with E-state index in [4.69, 9.17) is 16.3 Å². The topological polar surface area (TPSA) is 85.2 Å². The Morgan fingerprint density at radius 1 is 1.00 bits per heavy atom. The van der Waals surface area contributed by atoms with Gasteiger partial charge in [-0.15, -0.1) is 0 Å². The van der Waals surface area contributed by atoms with Crippen LogP contribution in [-0.2, 0) is 0 Å². The van der Waals surface area contributed by atoms with Crippen LogP contribution >= 0.6 is 11.6 Å². The normalized spacial score (nSPS) is 10.5. The van der Waals surface area contributed by atoms with Crippen LogP contribution in [0.1, 0.15) is 17.3 Å². The van der Waals surface area contributed by atoms with Crippen molar-refractivity contribution in [3.63, 3.8) is 0 Å². The van der Waals surface area contributed by atoms with Crippen LogP contribution in [0.5, 0.6) is 11.5 Å². The molecule has 3 aromatic carbocycles. The van der Waals surface area contributed by atoms with E-state index in [9.17, 15) is 9.59 Å². The van der Waals surface area contributed by atoms with Crippen LogP contribution < -0.4 is 20.9 Å². The number of benzene rings is 3. The van der Waals surface area contributed by atoms with Gasteiger partial charge in [-0.05, 0) is 55.5 Å². The Morgan fingerprint density at radius 2 is 1.70 bits per heavy atom. The number of nitrogens with one attached hydrogen (secondary N) is 2. The summed E-state index contributed by atoms with van der Waals surface area (Å²) in [7, 11) is 0. The molecule has 33 heavy (non-hydrogen) atoms. The number of carbonyl (C=O) groups is 1. The van der Waals surface area contributed by atoms with Crippen molar-refractivity contribution in [2.45, 2.75) is 6.92 Å². The summed E-state index contributed by atoms with van der Waals surface area (Å²) in [5.74, 6) is 0.647. The molecule has 0 aliphatic heterocycles. The van der Waals surface area contributed by atoms with Gasteiger partial charge < -0.3 is 15.4 Å². The zero-order valence-corrected chi connectivity index (χ0v) is 18.5. The number of halogens is 1. The van der Waals surface area contributed by atoms with Gasteiger partial charge in [-0.1, -0.05) is 41.9 Å². The van der Waals surface area contributed by atoms with Crippen LogP contribution in [0.25, 0.3) is 5.69 Å². The number of amides is 1. The fraction of sp³-hybridized carbons (Fsp3) is 0.0800. The first-order valence-electron chi connectivity index (χ1n) is 10.3. The van der Waals surface area contributed by atoms with E-state index < -0.39 is 5.56 Å². The lowest BCUT2D eigenvalue weighted by molar-refractivity contribution is 0.0956. The highest BCUT2D eigenvalue weighted by molar-refractivity contribution is 6.32. The van der Waals surface area contributed by atoms with Crippen LogP contribution in [0.2, 0.25) is 5.02 Å². The maximum atomic E-state index is 13.4. The molecule has 0 spiro atoms. The highest BCUT2D eigenvalue weighted by Crippen LogP contribution is 2.29. The maximum absolute atomic E-state index is 13.4. The minimum Gasteiger partial charge on any atom is -0.453 e. The molecule has 0 saturated heterocycles. The van der Waals surface area contributed by atoms with Gasteiger partial charge in [-0.3, -0.25) is 9.59 Å². The molecule has 0 aliphatic carbocycles. The average Bonchev–Trinajstić information content (AvgIpc) is 2.83. The van der Waals surface area contributed by atoms with E-state index in [1.165, 1.54) is 10.9 Å². The molecule has 8 heteroatoms. The molecule has 7 nitrogen and oxygen atoms in total. The minimum atomic E-state index is -0.440. The largest absolute Gasteiger partial charge is 0.453 e. The number of rotatable bonds is 7. The van der Waals surface area contributed by atoms with Crippen molar-refractivity contribution in [2.24, 2.45) is 0 Å². The summed E-state index contributed by atoms with van der Waals surface area (Å²) in [5.41, 5.74) is 1.32. The zero-order chi connectivity index (χ0) is 23.2. The molecule has 0 fully saturated rings. The van der Waals surface area contributed by atoms with Crippen molar-refractivity contribution in [1.82, 2.24) is 15.1 Å². The predicted molar refractivity (Wildman–Crippen MR) is 129 cm³/mol. The lowest BCUT2D eigenvalue weighted by Gasteiger charge is -2.15. The van der Waals surface area contributed by atoms with Crippen LogP contribution in [0.3, 0.4) is 0 Å².